The molecule has 0 radical (unpaired) electrons. The van der Waals surface area contributed by atoms with Crippen molar-refractivity contribution < 1.29 is 14.3 Å². The minimum Gasteiger partial charge on any atom is -0.497 e. The summed E-state index contributed by atoms with van der Waals surface area (Å²) in [5.41, 5.74) is 2.39. The van der Waals surface area contributed by atoms with Gasteiger partial charge in [0.1, 0.15) is 12.3 Å². The molecule has 2 amide bonds. The van der Waals surface area contributed by atoms with Crippen LogP contribution in [0.4, 0.5) is 16.2 Å². The first-order chi connectivity index (χ1) is 16.4. The zero-order valence-electron chi connectivity index (χ0n) is 19.2. The normalized spacial score (nSPS) is 15.6. The molecule has 3 heterocycles. The number of aromatic nitrogens is 3. The molecule has 34 heavy (non-hydrogen) atoms. The van der Waals surface area contributed by atoms with Crippen LogP contribution >= 0.6 is 0 Å². The Morgan fingerprint density at radius 3 is 2.38 bits per heavy atom. The van der Waals surface area contributed by atoms with E-state index in [9.17, 15) is 14.4 Å². The average molecular weight is 463 g/mol. The summed E-state index contributed by atoms with van der Waals surface area (Å²) in [6.07, 6.45) is 0. The van der Waals surface area contributed by atoms with Crippen LogP contribution in [0, 0.1) is 6.92 Å². The maximum Gasteiger partial charge on any atom is 0.354 e. The fourth-order valence-electron chi connectivity index (χ4n) is 4.41. The van der Waals surface area contributed by atoms with Gasteiger partial charge < -0.3 is 14.5 Å². The molecular weight excluding hydrogens is 436 g/mol. The van der Waals surface area contributed by atoms with E-state index in [1.807, 2.05) is 6.07 Å². The van der Waals surface area contributed by atoms with Gasteiger partial charge in [0.05, 0.1) is 13.7 Å². The zero-order valence-corrected chi connectivity index (χ0v) is 19.2. The molecule has 0 aliphatic carbocycles. The Labute approximate surface area is 196 Å². The fourth-order valence-corrected chi connectivity index (χ4v) is 4.41. The Balaban J connectivity index is 1.23. The van der Waals surface area contributed by atoms with Crippen LogP contribution in [0.5, 0.6) is 5.75 Å². The van der Waals surface area contributed by atoms with Crippen molar-refractivity contribution in [3.05, 3.63) is 70.4 Å². The molecule has 5 rings (SSSR count). The third-order valence-corrected chi connectivity index (χ3v) is 6.30. The predicted molar refractivity (Wildman–Crippen MR) is 126 cm³/mol. The van der Waals surface area contributed by atoms with E-state index >= 15 is 0 Å². The monoisotopic (exact) mass is 462 g/mol. The molecular formula is C24H26N6O4. The number of hydrogen-bond donors (Lipinski definition) is 0. The van der Waals surface area contributed by atoms with Gasteiger partial charge in [0.15, 0.2) is 5.82 Å². The number of ether oxygens (including phenoxy) is 1. The van der Waals surface area contributed by atoms with Crippen molar-refractivity contribution in [2.75, 3.05) is 43.1 Å². The fraction of sp³-hybridized carbons (Fsp3) is 0.333. The molecule has 2 aliphatic heterocycles. The second kappa shape index (κ2) is 8.69. The van der Waals surface area contributed by atoms with Gasteiger partial charge in [0, 0.05) is 37.6 Å². The van der Waals surface area contributed by atoms with Gasteiger partial charge in [-0.1, -0.05) is 12.1 Å². The summed E-state index contributed by atoms with van der Waals surface area (Å²) in [6, 6.07) is 14.8. The van der Waals surface area contributed by atoms with Crippen molar-refractivity contribution in [1.82, 2.24) is 19.2 Å². The maximum absolute atomic E-state index is 12.9. The molecule has 10 heteroatoms. The lowest BCUT2D eigenvalue weighted by Crippen LogP contribution is -2.50. The Morgan fingerprint density at radius 1 is 1.00 bits per heavy atom. The Bertz CT molecular complexity index is 1290. The highest BCUT2D eigenvalue weighted by Gasteiger charge is 2.34. The third-order valence-electron chi connectivity index (χ3n) is 6.30. The topological polar surface area (TPSA) is 92.9 Å². The number of carbonyl (C=O) groups excluding carboxylic acids is 2. The van der Waals surface area contributed by atoms with E-state index in [1.165, 1.54) is 10.5 Å². The predicted octanol–water partition coefficient (Wildman–Crippen LogP) is 1.70. The molecule has 0 bridgehead atoms. The van der Waals surface area contributed by atoms with Crippen LogP contribution in [-0.2, 0) is 17.9 Å². The molecule has 0 atom stereocenters. The Kier molecular flexibility index (Phi) is 5.56. The van der Waals surface area contributed by atoms with Gasteiger partial charge >= 0.3 is 11.7 Å². The van der Waals surface area contributed by atoms with Crippen LogP contribution < -0.4 is 20.2 Å². The first-order valence-corrected chi connectivity index (χ1v) is 11.2. The molecule has 0 spiro atoms. The molecule has 10 nitrogen and oxygen atoms in total. The number of aryl methyl sites for hydroxylation is 1. The average Bonchev–Trinajstić information content (AvgIpc) is 3.34. The second-order valence-electron chi connectivity index (χ2n) is 8.47. The second-order valence-corrected chi connectivity index (χ2v) is 8.47. The standard InChI is InChI=1S/C24H26N6O4/c1-17-4-3-5-19(14-17)26-10-12-27(13-11-26)22(31)16-29-24(33)30-21(25-29)15-28(23(30)32)18-6-8-20(34-2)9-7-18/h3-9,14H,10-13,15-16H2,1-2H3. The van der Waals surface area contributed by atoms with E-state index in [0.717, 1.165) is 28.0 Å². The molecule has 1 fully saturated rings. The number of amides is 2. The lowest BCUT2D eigenvalue weighted by molar-refractivity contribution is -0.132. The van der Waals surface area contributed by atoms with E-state index in [1.54, 1.807) is 36.3 Å². The van der Waals surface area contributed by atoms with Gasteiger partial charge in [-0.05, 0) is 48.9 Å². The van der Waals surface area contributed by atoms with Crippen molar-refractivity contribution in [2.24, 2.45) is 0 Å². The van der Waals surface area contributed by atoms with Gasteiger partial charge in [-0.25, -0.2) is 14.3 Å². The van der Waals surface area contributed by atoms with Crippen molar-refractivity contribution in [3.8, 4) is 5.75 Å². The third kappa shape index (κ3) is 3.91. The summed E-state index contributed by atoms with van der Waals surface area (Å²) in [7, 11) is 1.57. The number of carbonyl (C=O) groups is 2. The molecule has 0 saturated carbocycles. The summed E-state index contributed by atoms with van der Waals surface area (Å²) in [5.74, 6) is 0.818. The van der Waals surface area contributed by atoms with Gasteiger partial charge in [0.2, 0.25) is 5.91 Å². The van der Waals surface area contributed by atoms with Crippen LogP contribution in [0.2, 0.25) is 0 Å². The van der Waals surface area contributed by atoms with Crippen LogP contribution in [-0.4, -0.2) is 64.5 Å². The lowest BCUT2D eigenvalue weighted by atomic mass is 10.2. The molecule has 0 N–H and O–H groups in total. The van der Waals surface area contributed by atoms with E-state index in [-0.39, 0.29) is 19.0 Å². The molecule has 2 aromatic carbocycles. The Hall–Kier alpha value is -4.08. The van der Waals surface area contributed by atoms with Crippen molar-refractivity contribution >= 4 is 23.3 Å². The largest absolute Gasteiger partial charge is 0.497 e. The minimum atomic E-state index is -0.595. The first-order valence-electron chi connectivity index (χ1n) is 11.2. The number of methoxy groups -OCH3 is 1. The number of hydrogen-bond acceptors (Lipinski definition) is 6. The minimum absolute atomic E-state index is 0.163. The highest BCUT2D eigenvalue weighted by molar-refractivity contribution is 5.96. The first kappa shape index (κ1) is 21.7. The number of rotatable bonds is 5. The number of benzene rings is 2. The molecule has 2 aliphatic rings. The number of anilines is 2. The zero-order chi connectivity index (χ0) is 23.8. The summed E-state index contributed by atoms with van der Waals surface area (Å²) < 4.78 is 7.27. The van der Waals surface area contributed by atoms with Crippen LogP contribution in [0.3, 0.4) is 0 Å². The van der Waals surface area contributed by atoms with Crippen molar-refractivity contribution in [2.45, 2.75) is 20.0 Å². The smallest absolute Gasteiger partial charge is 0.354 e. The quantitative estimate of drug-likeness (QED) is 0.573. The molecule has 1 aromatic heterocycles. The highest BCUT2D eigenvalue weighted by atomic mass is 16.5. The molecule has 3 aromatic rings. The van der Waals surface area contributed by atoms with E-state index in [2.05, 4.69) is 35.1 Å². The van der Waals surface area contributed by atoms with E-state index in [4.69, 9.17) is 4.74 Å². The SMILES string of the molecule is COc1ccc(N2Cc3nn(CC(=O)N4CCN(c5cccc(C)c5)CC4)c(=O)n3C2=O)cc1. The summed E-state index contributed by atoms with van der Waals surface area (Å²) >= 11 is 0. The molecule has 1 saturated heterocycles. The van der Waals surface area contributed by atoms with Crippen LogP contribution in [0.25, 0.3) is 0 Å². The highest BCUT2D eigenvalue weighted by Crippen LogP contribution is 2.24. The molecule has 0 unspecified atom stereocenters. The van der Waals surface area contributed by atoms with Gasteiger partial charge in [0.25, 0.3) is 0 Å². The summed E-state index contributed by atoms with van der Waals surface area (Å²) in [6.45, 7) is 4.62. The number of piperazine rings is 1. The lowest BCUT2D eigenvalue weighted by Gasteiger charge is -2.36. The van der Waals surface area contributed by atoms with Crippen molar-refractivity contribution in [1.29, 1.82) is 0 Å². The molecule has 176 valence electrons. The summed E-state index contributed by atoms with van der Waals surface area (Å²) in [4.78, 5) is 44.1. The van der Waals surface area contributed by atoms with Crippen LogP contribution in [0.1, 0.15) is 11.4 Å². The van der Waals surface area contributed by atoms with Crippen molar-refractivity contribution in [3.63, 3.8) is 0 Å². The summed E-state index contributed by atoms with van der Waals surface area (Å²) in [5, 5.41) is 4.28. The Morgan fingerprint density at radius 2 is 1.74 bits per heavy atom. The van der Waals surface area contributed by atoms with E-state index < -0.39 is 11.7 Å². The number of fused-ring (bicyclic) bond motifs is 1. The number of nitrogens with zero attached hydrogens (tertiary/aromatic N) is 6. The van der Waals surface area contributed by atoms with Gasteiger partial charge in [-0.2, -0.15) is 9.67 Å². The van der Waals surface area contributed by atoms with Crippen LogP contribution in [0.15, 0.2) is 53.3 Å². The van der Waals surface area contributed by atoms with Gasteiger partial charge in [-0.15, -0.1) is 0 Å². The maximum atomic E-state index is 12.9. The van der Waals surface area contributed by atoms with E-state index in [0.29, 0.717) is 30.4 Å². The van der Waals surface area contributed by atoms with Gasteiger partial charge in [-0.3, -0.25) is 9.69 Å².